The van der Waals surface area contributed by atoms with Gasteiger partial charge in [0.2, 0.25) is 10.0 Å². The molecule has 0 bridgehead atoms. The van der Waals surface area contributed by atoms with Crippen LogP contribution >= 0.6 is 11.6 Å². The molecule has 1 amide bonds. The Hall–Kier alpha value is -2.42. The van der Waals surface area contributed by atoms with Gasteiger partial charge in [0.15, 0.2) is 0 Å². The van der Waals surface area contributed by atoms with Crippen LogP contribution < -0.4 is 5.32 Å². The van der Waals surface area contributed by atoms with E-state index in [0.717, 1.165) is 36.7 Å². The third kappa shape index (κ3) is 4.46. The van der Waals surface area contributed by atoms with E-state index in [1.807, 2.05) is 35.9 Å². The SMILES string of the molecule is Cn1c(CNC(=O)c2ccc(Cl)c(S(=O)(=O)N3CCCCCC3)c2)nc2ccccc21. The van der Waals surface area contributed by atoms with Gasteiger partial charge < -0.3 is 9.88 Å². The van der Waals surface area contributed by atoms with Gasteiger partial charge in [0.05, 0.1) is 22.6 Å². The van der Waals surface area contributed by atoms with Crippen molar-refractivity contribution in [2.45, 2.75) is 37.1 Å². The number of hydrogen-bond donors (Lipinski definition) is 1. The summed E-state index contributed by atoms with van der Waals surface area (Å²) in [4.78, 5) is 17.3. The second kappa shape index (κ2) is 8.98. The molecule has 7 nitrogen and oxygen atoms in total. The maximum atomic E-state index is 13.2. The van der Waals surface area contributed by atoms with E-state index >= 15 is 0 Å². The summed E-state index contributed by atoms with van der Waals surface area (Å²) in [6, 6.07) is 12.1. The lowest BCUT2D eigenvalue weighted by Gasteiger charge is -2.21. The quantitative estimate of drug-likeness (QED) is 0.628. The Kier molecular flexibility index (Phi) is 6.31. The molecule has 0 aliphatic carbocycles. The average molecular weight is 461 g/mol. The summed E-state index contributed by atoms with van der Waals surface area (Å²) in [6.45, 7) is 1.17. The number of nitrogens with zero attached hydrogens (tertiary/aromatic N) is 3. The molecule has 1 N–H and O–H groups in total. The van der Waals surface area contributed by atoms with Crippen molar-refractivity contribution >= 4 is 38.6 Å². The second-order valence-electron chi connectivity index (χ2n) is 7.72. The van der Waals surface area contributed by atoms with Gasteiger partial charge in [-0.25, -0.2) is 13.4 Å². The Balaban J connectivity index is 1.54. The van der Waals surface area contributed by atoms with E-state index < -0.39 is 10.0 Å². The minimum absolute atomic E-state index is 0.0218. The van der Waals surface area contributed by atoms with Gasteiger partial charge in [-0.05, 0) is 43.2 Å². The summed E-state index contributed by atoms with van der Waals surface area (Å²) in [5.74, 6) is 0.331. The number of imidazole rings is 1. The van der Waals surface area contributed by atoms with Crippen molar-refractivity contribution in [2.75, 3.05) is 13.1 Å². The van der Waals surface area contributed by atoms with Crippen molar-refractivity contribution < 1.29 is 13.2 Å². The number of carbonyl (C=O) groups is 1. The maximum Gasteiger partial charge on any atom is 0.251 e. The number of para-hydroxylation sites is 2. The van der Waals surface area contributed by atoms with Crippen LogP contribution in [0.3, 0.4) is 0 Å². The molecule has 3 aromatic rings. The largest absolute Gasteiger partial charge is 0.345 e. The van der Waals surface area contributed by atoms with E-state index in [0.29, 0.717) is 18.9 Å². The van der Waals surface area contributed by atoms with Crippen LogP contribution in [0.2, 0.25) is 5.02 Å². The van der Waals surface area contributed by atoms with E-state index in [1.54, 1.807) is 0 Å². The van der Waals surface area contributed by atoms with E-state index in [4.69, 9.17) is 11.6 Å². The molecule has 1 aliphatic heterocycles. The molecule has 0 saturated carbocycles. The molecule has 0 atom stereocenters. The van der Waals surface area contributed by atoms with Crippen LogP contribution in [0.5, 0.6) is 0 Å². The molecule has 2 aromatic carbocycles. The molecule has 31 heavy (non-hydrogen) atoms. The number of nitrogens with one attached hydrogen (secondary N) is 1. The molecule has 0 unspecified atom stereocenters. The Labute approximate surface area is 187 Å². The normalized spacial score (nSPS) is 15.7. The molecule has 1 saturated heterocycles. The Bertz CT molecular complexity index is 1210. The number of amides is 1. The topological polar surface area (TPSA) is 84.3 Å². The van der Waals surface area contributed by atoms with Gasteiger partial charge in [-0.1, -0.05) is 36.6 Å². The molecule has 4 rings (SSSR count). The van der Waals surface area contributed by atoms with Gasteiger partial charge in [0.1, 0.15) is 10.7 Å². The Morgan fingerprint density at radius 2 is 1.81 bits per heavy atom. The summed E-state index contributed by atoms with van der Waals surface area (Å²) in [5, 5.41) is 2.95. The van der Waals surface area contributed by atoms with Crippen molar-refractivity contribution in [3.05, 3.63) is 58.9 Å². The molecule has 1 fully saturated rings. The lowest BCUT2D eigenvalue weighted by molar-refractivity contribution is 0.0949. The van der Waals surface area contributed by atoms with Crippen LogP contribution in [0.4, 0.5) is 0 Å². The zero-order valence-electron chi connectivity index (χ0n) is 17.3. The average Bonchev–Trinajstić information content (AvgIpc) is 2.93. The van der Waals surface area contributed by atoms with Gasteiger partial charge in [-0.3, -0.25) is 4.79 Å². The lowest BCUT2D eigenvalue weighted by Crippen LogP contribution is -2.32. The van der Waals surface area contributed by atoms with E-state index in [-0.39, 0.29) is 27.9 Å². The number of carbonyl (C=O) groups excluding carboxylic acids is 1. The first-order chi connectivity index (χ1) is 14.9. The van der Waals surface area contributed by atoms with Crippen molar-refractivity contribution in [2.24, 2.45) is 7.05 Å². The van der Waals surface area contributed by atoms with Crippen LogP contribution in [0.1, 0.15) is 41.9 Å². The number of sulfonamides is 1. The van der Waals surface area contributed by atoms with Gasteiger partial charge in [0, 0.05) is 25.7 Å². The van der Waals surface area contributed by atoms with Crippen LogP contribution in [-0.4, -0.2) is 41.3 Å². The molecular weight excluding hydrogens is 436 g/mol. The fourth-order valence-electron chi connectivity index (χ4n) is 3.88. The van der Waals surface area contributed by atoms with Crippen molar-refractivity contribution in [1.29, 1.82) is 0 Å². The monoisotopic (exact) mass is 460 g/mol. The lowest BCUT2D eigenvalue weighted by atomic mass is 10.2. The number of fused-ring (bicyclic) bond motifs is 1. The highest BCUT2D eigenvalue weighted by Crippen LogP contribution is 2.27. The van der Waals surface area contributed by atoms with Gasteiger partial charge in [-0.2, -0.15) is 4.31 Å². The first-order valence-corrected chi connectivity index (χ1v) is 12.2. The zero-order chi connectivity index (χ0) is 22.0. The number of rotatable bonds is 5. The van der Waals surface area contributed by atoms with Crippen molar-refractivity contribution in [1.82, 2.24) is 19.2 Å². The van der Waals surface area contributed by atoms with Crippen molar-refractivity contribution in [3.8, 4) is 0 Å². The third-order valence-corrected chi connectivity index (χ3v) is 8.04. The van der Waals surface area contributed by atoms with Crippen LogP contribution in [0, 0.1) is 0 Å². The predicted octanol–water partition coefficient (Wildman–Crippen LogP) is 3.72. The zero-order valence-corrected chi connectivity index (χ0v) is 18.9. The summed E-state index contributed by atoms with van der Waals surface area (Å²) < 4.78 is 29.7. The predicted molar refractivity (Wildman–Crippen MR) is 121 cm³/mol. The smallest absolute Gasteiger partial charge is 0.251 e. The van der Waals surface area contributed by atoms with Crippen molar-refractivity contribution in [3.63, 3.8) is 0 Å². The van der Waals surface area contributed by atoms with E-state index in [2.05, 4.69) is 10.3 Å². The molecule has 1 aromatic heterocycles. The molecule has 0 radical (unpaired) electrons. The summed E-state index contributed by atoms with van der Waals surface area (Å²) in [7, 11) is -1.86. The number of halogens is 1. The molecule has 9 heteroatoms. The summed E-state index contributed by atoms with van der Waals surface area (Å²) in [5.41, 5.74) is 2.08. The first kappa shape index (κ1) is 21.8. The highest BCUT2D eigenvalue weighted by atomic mass is 35.5. The molecule has 1 aliphatic rings. The number of aromatic nitrogens is 2. The fraction of sp³-hybridized carbons (Fsp3) is 0.364. The van der Waals surface area contributed by atoms with Crippen LogP contribution in [-0.2, 0) is 23.6 Å². The highest BCUT2D eigenvalue weighted by molar-refractivity contribution is 7.89. The molecule has 164 valence electrons. The Morgan fingerprint density at radius 1 is 1.10 bits per heavy atom. The first-order valence-electron chi connectivity index (χ1n) is 10.4. The standard InChI is InChI=1S/C22H25ClN4O3S/c1-26-19-9-5-4-8-18(19)25-21(26)15-24-22(28)16-10-11-17(23)20(14-16)31(29,30)27-12-6-2-3-7-13-27/h4-5,8-11,14H,2-3,6-7,12-13,15H2,1H3,(H,24,28). The summed E-state index contributed by atoms with van der Waals surface area (Å²) >= 11 is 6.23. The highest BCUT2D eigenvalue weighted by Gasteiger charge is 2.28. The minimum atomic E-state index is -3.76. The second-order valence-corrected chi connectivity index (χ2v) is 10.0. The summed E-state index contributed by atoms with van der Waals surface area (Å²) in [6.07, 6.45) is 3.69. The number of hydrogen-bond acceptors (Lipinski definition) is 4. The van der Waals surface area contributed by atoms with Gasteiger partial charge in [-0.15, -0.1) is 0 Å². The van der Waals surface area contributed by atoms with E-state index in [1.165, 1.54) is 22.5 Å². The van der Waals surface area contributed by atoms with Crippen LogP contribution in [0.25, 0.3) is 11.0 Å². The maximum absolute atomic E-state index is 13.2. The van der Waals surface area contributed by atoms with E-state index in [9.17, 15) is 13.2 Å². The van der Waals surface area contributed by atoms with Crippen LogP contribution in [0.15, 0.2) is 47.4 Å². The molecular formula is C22H25ClN4O3S. The van der Waals surface area contributed by atoms with Gasteiger partial charge >= 0.3 is 0 Å². The Morgan fingerprint density at radius 3 is 2.52 bits per heavy atom. The molecule has 0 spiro atoms. The number of aryl methyl sites for hydroxylation is 1. The molecule has 2 heterocycles. The van der Waals surface area contributed by atoms with Gasteiger partial charge in [0.25, 0.3) is 5.91 Å². The fourth-order valence-corrected chi connectivity index (χ4v) is 5.90. The number of benzene rings is 2. The minimum Gasteiger partial charge on any atom is -0.345 e. The third-order valence-electron chi connectivity index (χ3n) is 5.66.